The molecule has 1 aliphatic carbocycles. The van der Waals surface area contributed by atoms with E-state index in [-0.39, 0.29) is 0 Å². The highest BCUT2D eigenvalue weighted by Gasteiger charge is 2.61. The van der Waals surface area contributed by atoms with Crippen LogP contribution in [0.1, 0.15) is 21.8 Å². The summed E-state index contributed by atoms with van der Waals surface area (Å²) in [5, 5.41) is 17.4. The Morgan fingerprint density at radius 2 is 1.42 bits per heavy atom. The van der Waals surface area contributed by atoms with Crippen LogP contribution in [0.2, 0.25) is 0 Å². The summed E-state index contributed by atoms with van der Waals surface area (Å²) in [6.07, 6.45) is 0. The Morgan fingerprint density at radius 1 is 0.923 bits per heavy atom. The molecular weight excluding hydrogens is 351 g/mol. The molecule has 0 bridgehead atoms. The SMILES string of the molecule is COP(=O)(OC)C(C#N)(C#N)C1C(=O)c2ccccc2-c2ccccc21. The number of fused-ring (bicyclic) bond motifs is 3. The molecule has 1 unspecified atom stereocenters. The zero-order valence-corrected chi connectivity index (χ0v) is 15.1. The minimum Gasteiger partial charge on any atom is -0.310 e. The first-order valence-corrected chi connectivity index (χ1v) is 9.30. The van der Waals surface area contributed by atoms with Crippen LogP contribution in [-0.2, 0) is 13.6 Å². The first-order valence-electron chi connectivity index (χ1n) is 7.76. The summed E-state index contributed by atoms with van der Waals surface area (Å²) in [6, 6.07) is 17.5. The normalized spacial score (nSPS) is 16.2. The van der Waals surface area contributed by atoms with Gasteiger partial charge in [0.05, 0.1) is 18.1 Å². The van der Waals surface area contributed by atoms with E-state index in [0.717, 1.165) is 14.2 Å². The van der Waals surface area contributed by atoms with Gasteiger partial charge in [0.15, 0.2) is 5.78 Å². The van der Waals surface area contributed by atoms with Crippen LogP contribution in [0.3, 0.4) is 0 Å². The summed E-state index contributed by atoms with van der Waals surface area (Å²) in [5.74, 6) is -1.76. The molecule has 3 rings (SSSR count). The second kappa shape index (κ2) is 6.52. The van der Waals surface area contributed by atoms with Gasteiger partial charge in [-0.3, -0.25) is 9.36 Å². The lowest BCUT2D eigenvalue weighted by Crippen LogP contribution is -2.41. The average Bonchev–Trinajstić information content (AvgIpc) is 2.70. The number of ketones is 1. The molecule has 0 amide bonds. The van der Waals surface area contributed by atoms with Crippen LogP contribution in [0, 0.1) is 22.7 Å². The van der Waals surface area contributed by atoms with Gasteiger partial charge in [0.2, 0.25) is 0 Å². The number of carbonyl (C=O) groups excluding carboxylic acids is 1. The molecule has 0 heterocycles. The highest BCUT2D eigenvalue weighted by Crippen LogP contribution is 2.65. The quantitative estimate of drug-likeness (QED) is 0.761. The minimum absolute atomic E-state index is 0.366. The van der Waals surface area contributed by atoms with E-state index in [2.05, 4.69) is 0 Å². The van der Waals surface area contributed by atoms with Gasteiger partial charge in [0, 0.05) is 19.8 Å². The fourth-order valence-corrected chi connectivity index (χ4v) is 4.98. The van der Waals surface area contributed by atoms with Gasteiger partial charge < -0.3 is 9.05 Å². The Bertz CT molecular complexity index is 997. The van der Waals surface area contributed by atoms with Crippen LogP contribution in [0.15, 0.2) is 48.5 Å². The molecule has 0 N–H and O–H groups in total. The summed E-state index contributed by atoms with van der Waals surface area (Å²) in [4.78, 5) is 13.3. The third-order valence-corrected chi connectivity index (χ3v) is 6.97. The molecule has 0 aromatic heterocycles. The Kier molecular flexibility index (Phi) is 4.52. The molecule has 0 radical (unpaired) electrons. The van der Waals surface area contributed by atoms with Crippen molar-refractivity contribution in [3.63, 3.8) is 0 Å². The van der Waals surface area contributed by atoms with Crippen molar-refractivity contribution in [2.24, 2.45) is 0 Å². The fourth-order valence-electron chi connectivity index (χ4n) is 3.44. The van der Waals surface area contributed by atoms with E-state index in [9.17, 15) is 19.9 Å². The first kappa shape index (κ1) is 18.0. The lowest BCUT2D eigenvalue weighted by atomic mass is 9.72. The molecule has 1 aliphatic rings. The van der Waals surface area contributed by atoms with Crippen molar-refractivity contribution >= 4 is 13.4 Å². The third kappa shape index (κ3) is 2.25. The van der Waals surface area contributed by atoms with E-state index in [0.29, 0.717) is 22.3 Å². The smallest absolute Gasteiger partial charge is 0.310 e. The molecule has 130 valence electrons. The molecule has 7 heteroatoms. The molecule has 0 fully saturated rings. The summed E-state index contributed by atoms with van der Waals surface area (Å²) in [6.45, 7) is 0. The molecule has 26 heavy (non-hydrogen) atoms. The minimum atomic E-state index is -4.24. The zero-order valence-electron chi connectivity index (χ0n) is 14.2. The van der Waals surface area contributed by atoms with Gasteiger partial charge >= 0.3 is 7.60 Å². The number of Topliss-reactive ketones (excluding diaryl/α,β-unsaturated/α-hetero) is 1. The summed E-state index contributed by atoms with van der Waals surface area (Å²) in [5.41, 5.74) is 2.23. The summed E-state index contributed by atoms with van der Waals surface area (Å²) >= 11 is 0. The third-order valence-electron chi connectivity index (χ3n) is 4.69. The molecule has 2 aromatic rings. The second-order valence-corrected chi connectivity index (χ2v) is 8.21. The number of benzene rings is 2. The summed E-state index contributed by atoms with van der Waals surface area (Å²) < 4.78 is 23.1. The Balaban J connectivity index is 2.39. The number of nitriles is 2. The van der Waals surface area contributed by atoms with Crippen LogP contribution in [0.5, 0.6) is 0 Å². The predicted molar refractivity (Wildman–Crippen MR) is 94.5 cm³/mol. The van der Waals surface area contributed by atoms with E-state index in [1.165, 1.54) is 0 Å². The van der Waals surface area contributed by atoms with Gasteiger partial charge in [-0.05, 0) is 16.7 Å². The Hall–Kier alpha value is -2.76. The van der Waals surface area contributed by atoms with Crippen molar-refractivity contribution in [3.05, 3.63) is 59.7 Å². The Labute approximate surface area is 151 Å². The van der Waals surface area contributed by atoms with Crippen LogP contribution >= 0.6 is 7.60 Å². The molecule has 0 aliphatic heterocycles. The number of nitrogens with zero attached hydrogens (tertiary/aromatic N) is 2. The van der Waals surface area contributed by atoms with Gasteiger partial charge in [0.1, 0.15) is 0 Å². The lowest BCUT2D eigenvalue weighted by Gasteiger charge is -2.36. The van der Waals surface area contributed by atoms with E-state index in [4.69, 9.17) is 9.05 Å². The fraction of sp³-hybridized carbons (Fsp3) is 0.211. The molecular formula is C19H15N2O4P. The molecule has 0 saturated carbocycles. The summed E-state index contributed by atoms with van der Waals surface area (Å²) in [7, 11) is -2.04. The molecule has 6 nitrogen and oxygen atoms in total. The standard InChI is InChI=1S/C19H15N2O4P/c1-24-26(23,25-2)19(11-20,12-21)17-15-9-5-3-7-13(15)14-8-4-6-10-16(14)18(17)22/h3-10,17H,1-2H3. The van der Waals surface area contributed by atoms with E-state index >= 15 is 0 Å². The van der Waals surface area contributed by atoms with Crippen molar-refractivity contribution in [2.45, 2.75) is 11.1 Å². The second-order valence-electron chi connectivity index (χ2n) is 5.78. The van der Waals surface area contributed by atoms with Gasteiger partial charge in [-0.25, -0.2) is 0 Å². The molecule has 0 saturated heterocycles. The van der Waals surface area contributed by atoms with E-state index < -0.39 is 24.5 Å². The number of hydrogen-bond donors (Lipinski definition) is 0. The van der Waals surface area contributed by atoms with Gasteiger partial charge in [-0.1, -0.05) is 48.5 Å². The first-order chi connectivity index (χ1) is 12.5. The predicted octanol–water partition coefficient (Wildman–Crippen LogP) is 3.91. The molecule has 2 aromatic carbocycles. The highest BCUT2D eigenvalue weighted by molar-refractivity contribution is 7.56. The largest absolute Gasteiger partial charge is 0.365 e. The number of carbonyl (C=O) groups is 1. The topological polar surface area (TPSA) is 100 Å². The zero-order chi connectivity index (χ0) is 18.9. The van der Waals surface area contributed by atoms with Crippen LogP contribution in [-0.4, -0.2) is 25.2 Å². The molecule has 0 spiro atoms. The van der Waals surface area contributed by atoms with Crippen molar-refractivity contribution in [1.29, 1.82) is 10.5 Å². The maximum Gasteiger partial charge on any atom is 0.365 e. The van der Waals surface area contributed by atoms with E-state index in [1.807, 2.05) is 0 Å². The van der Waals surface area contributed by atoms with Crippen molar-refractivity contribution < 1.29 is 18.4 Å². The van der Waals surface area contributed by atoms with Gasteiger partial charge in [0.25, 0.3) is 5.16 Å². The lowest BCUT2D eigenvalue weighted by molar-refractivity contribution is 0.0945. The molecule has 1 atom stereocenters. The number of hydrogen-bond acceptors (Lipinski definition) is 6. The maximum atomic E-state index is 13.3. The van der Waals surface area contributed by atoms with Crippen molar-refractivity contribution in [3.8, 4) is 23.3 Å². The van der Waals surface area contributed by atoms with Gasteiger partial charge in [-0.15, -0.1) is 0 Å². The Morgan fingerprint density at radius 3 is 1.96 bits per heavy atom. The van der Waals surface area contributed by atoms with Gasteiger partial charge in [-0.2, -0.15) is 10.5 Å². The van der Waals surface area contributed by atoms with Crippen LogP contribution < -0.4 is 0 Å². The maximum absolute atomic E-state index is 13.3. The monoisotopic (exact) mass is 366 g/mol. The van der Waals surface area contributed by atoms with Crippen LogP contribution in [0.4, 0.5) is 0 Å². The number of rotatable bonds is 4. The van der Waals surface area contributed by atoms with Crippen molar-refractivity contribution in [2.75, 3.05) is 14.2 Å². The van der Waals surface area contributed by atoms with Crippen LogP contribution in [0.25, 0.3) is 11.1 Å². The average molecular weight is 366 g/mol. The van der Waals surface area contributed by atoms with Crippen molar-refractivity contribution in [1.82, 2.24) is 0 Å². The highest BCUT2D eigenvalue weighted by atomic mass is 31.2. The van der Waals surface area contributed by atoms with E-state index in [1.54, 1.807) is 60.7 Å².